The summed E-state index contributed by atoms with van der Waals surface area (Å²) < 4.78 is 13.0. The van der Waals surface area contributed by atoms with Crippen LogP contribution < -0.4 is 5.19 Å². The minimum absolute atomic E-state index is 0.299. The SMILES string of the molecule is C[Si](C)(O)c1ccccc1F. The Morgan fingerprint density at radius 2 is 1.82 bits per heavy atom. The summed E-state index contributed by atoms with van der Waals surface area (Å²) in [4.78, 5) is 9.57. The molecule has 0 aliphatic heterocycles. The standard InChI is InChI=1S/C8H11FOSi/c1-11(2,10)8-6-4-3-5-7(8)9/h3-6,10H,1-2H3. The van der Waals surface area contributed by atoms with Crippen molar-refractivity contribution < 1.29 is 9.19 Å². The molecule has 0 saturated carbocycles. The van der Waals surface area contributed by atoms with Crippen molar-refractivity contribution in [3.63, 3.8) is 0 Å². The molecule has 0 fully saturated rings. The van der Waals surface area contributed by atoms with Crippen molar-refractivity contribution in [3.8, 4) is 0 Å². The Kier molecular flexibility index (Phi) is 2.11. The lowest BCUT2D eigenvalue weighted by Gasteiger charge is -2.14. The molecule has 1 aromatic rings. The fourth-order valence-corrected chi connectivity index (χ4v) is 2.13. The monoisotopic (exact) mass is 170 g/mol. The first kappa shape index (κ1) is 8.42. The van der Waals surface area contributed by atoms with E-state index in [0.29, 0.717) is 5.19 Å². The van der Waals surface area contributed by atoms with E-state index in [1.807, 2.05) is 0 Å². The van der Waals surface area contributed by atoms with E-state index in [0.717, 1.165) is 0 Å². The van der Waals surface area contributed by atoms with Crippen LogP contribution >= 0.6 is 0 Å². The molecule has 0 amide bonds. The van der Waals surface area contributed by atoms with Crippen molar-refractivity contribution in [3.05, 3.63) is 30.1 Å². The molecule has 0 radical (unpaired) electrons. The highest BCUT2D eigenvalue weighted by molar-refractivity contribution is 6.83. The van der Waals surface area contributed by atoms with E-state index in [1.54, 1.807) is 31.3 Å². The van der Waals surface area contributed by atoms with Crippen LogP contribution in [-0.2, 0) is 0 Å². The van der Waals surface area contributed by atoms with Gasteiger partial charge in [0, 0.05) is 5.19 Å². The molecule has 0 atom stereocenters. The van der Waals surface area contributed by atoms with Gasteiger partial charge in [0.05, 0.1) is 0 Å². The molecule has 1 rings (SSSR count). The third kappa shape index (κ3) is 1.88. The summed E-state index contributed by atoms with van der Waals surface area (Å²) in [5.74, 6) is -0.299. The molecule has 0 heterocycles. The lowest BCUT2D eigenvalue weighted by atomic mass is 10.3. The summed E-state index contributed by atoms with van der Waals surface area (Å²) in [6.45, 7) is 3.40. The van der Waals surface area contributed by atoms with Gasteiger partial charge in [-0.1, -0.05) is 18.2 Å². The molecule has 0 aromatic heterocycles. The average molecular weight is 170 g/mol. The van der Waals surface area contributed by atoms with Gasteiger partial charge in [0.25, 0.3) is 0 Å². The second kappa shape index (κ2) is 2.75. The van der Waals surface area contributed by atoms with Gasteiger partial charge in [-0.3, -0.25) is 0 Å². The maximum atomic E-state index is 13.0. The van der Waals surface area contributed by atoms with Gasteiger partial charge < -0.3 is 4.80 Å². The second-order valence-electron chi connectivity index (χ2n) is 3.04. The summed E-state index contributed by atoms with van der Waals surface area (Å²) in [6, 6.07) is 6.38. The highest BCUT2D eigenvalue weighted by Crippen LogP contribution is 2.02. The highest BCUT2D eigenvalue weighted by Gasteiger charge is 2.23. The van der Waals surface area contributed by atoms with Crippen LogP contribution in [0.15, 0.2) is 24.3 Å². The van der Waals surface area contributed by atoms with Gasteiger partial charge in [-0.05, 0) is 19.2 Å². The predicted octanol–water partition coefficient (Wildman–Crippen LogP) is 1.23. The smallest absolute Gasteiger partial charge is 0.216 e. The molecule has 0 unspecified atom stereocenters. The Hall–Kier alpha value is -0.673. The molecule has 11 heavy (non-hydrogen) atoms. The molecule has 1 aromatic carbocycles. The largest absolute Gasteiger partial charge is 0.428 e. The van der Waals surface area contributed by atoms with Crippen molar-refractivity contribution >= 4 is 13.5 Å². The quantitative estimate of drug-likeness (QED) is 0.628. The zero-order valence-electron chi connectivity index (χ0n) is 6.63. The molecule has 0 spiro atoms. The Bertz CT molecular complexity index is 255. The molecule has 0 bridgehead atoms. The van der Waals surface area contributed by atoms with Gasteiger partial charge >= 0.3 is 0 Å². The third-order valence-electron chi connectivity index (χ3n) is 1.53. The maximum absolute atomic E-state index is 13.0. The van der Waals surface area contributed by atoms with Crippen molar-refractivity contribution in [1.29, 1.82) is 0 Å². The zero-order valence-corrected chi connectivity index (χ0v) is 7.63. The fourth-order valence-electron chi connectivity index (χ4n) is 0.957. The molecular weight excluding hydrogens is 159 g/mol. The highest BCUT2D eigenvalue weighted by atomic mass is 28.4. The minimum Gasteiger partial charge on any atom is -0.428 e. The van der Waals surface area contributed by atoms with Crippen molar-refractivity contribution in [2.75, 3.05) is 0 Å². The van der Waals surface area contributed by atoms with Crippen LogP contribution in [0.4, 0.5) is 4.39 Å². The summed E-state index contributed by atoms with van der Waals surface area (Å²) in [5, 5.41) is 0.472. The van der Waals surface area contributed by atoms with Crippen LogP contribution in [0.3, 0.4) is 0 Å². The molecule has 0 aliphatic rings. The van der Waals surface area contributed by atoms with Gasteiger partial charge in [-0.25, -0.2) is 4.39 Å². The lowest BCUT2D eigenvalue weighted by Crippen LogP contribution is -2.43. The van der Waals surface area contributed by atoms with Crippen LogP contribution in [0.1, 0.15) is 0 Å². The lowest BCUT2D eigenvalue weighted by molar-refractivity contribution is 0.560. The van der Waals surface area contributed by atoms with Crippen LogP contribution in [0.5, 0.6) is 0 Å². The zero-order chi connectivity index (χ0) is 8.48. The van der Waals surface area contributed by atoms with Crippen LogP contribution in [-0.4, -0.2) is 13.1 Å². The van der Waals surface area contributed by atoms with E-state index >= 15 is 0 Å². The van der Waals surface area contributed by atoms with Gasteiger partial charge in [0.1, 0.15) is 5.82 Å². The van der Waals surface area contributed by atoms with E-state index in [2.05, 4.69) is 0 Å². The van der Waals surface area contributed by atoms with Crippen LogP contribution in [0.25, 0.3) is 0 Å². The fraction of sp³-hybridized carbons (Fsp3) is 0.250. The molecule has 1 N–H and O–H groups in total. The first-order valence-electron chi connectivity index (χ1n) is 3.49. The van der Waals surface area contributed by atoms with E-state index < -0.39 is 8.32 Å². The Labute approximate surface area is 66.6 Å². The molecule has 0 aliphatic carbocycles. The van der Waals surface area contributed by atoms with E-state index in [-0.39, 0.29) is 5.82 Å². The summed E-state index contributed by atoms with van der Waals surface area (Å²) >= 11 is 0. The molecule has 0 saturated heterocycles. The van der Waals surface area contributed by atoms with Crippen molar-refractivity contribution in [1.82, 2.24) is 0 Å². The van der Waals surface area contributed by atoms with Crippen LogP contribution in [0, 0.1) is 5.82 Å². The van der Waals surface area contributed by atoms with Crippen molar-refractivity contribution in [2.45, 2.75) is 13.1 Å². The Morgan fingerprint density at radius 1 is 1.27 bits per heavy atom. The number of hydrogen-bond acceptors (Lipinski definition) is 1. The van der Waals surface area contributed by atoms with E-state index in [4.69, 9.17) is 0 Å². The summed E-state index contributed by atoms with van der Waals surface area (Å²) in [6.07, 6.45) is 0. The molecule has 3 heteroatoms. The van der Waals surface area contributed by atoms with Gasteiger partial charge in [-0.15, -0.1) is 0 Å². The first-order valence-corrected chi connectivity index (χ1v) is 6.44. The molecular formula is C8H11FOSi. The minimum atomic E-state index is -2.45. The third-order valence-corrected chi connectivity index (χ3v) is 3.26. The van der Waals surface area contributed by atoms with Gasteiger partial charge in [0.15, 0.2) is 0 Å². The second-order valence-corrected chi connectivity index (χ2v) is 6.70. The summed E-state index contributed by atoms with van der Waals surface area (Å²) in [7, 11) is -2.45. The maximum Gasteiger partial charge on any atom is 0.216 e. The Balaban J connectivity index is 3.14. The molecule has 1 nitrogen and oxygen atoms in total. The first-order chi connectivity index (χ1) is 5.02. The predicted molar refractivity (Wildman–Crippen MR) is 45.7 cm³/mol. The normalized spacial score (nSPS) is 11.6. The van der Waals surface area contributed by atoms with Crippen LogP contribution in [0.2, 0.25) is 13.1 Å². The van der Waals surface area contributed by atoms with Crippen molar-refractivity contribution in [2.24, 2.45) is 0 Å². The number of hydrogen-bond donors (Lipinski definition) is 1. The average Bonchev–Trinajstić information content (AvgIpc) is 1.86. The summed E-state index contributed by atoms with van der Waals surface area (Å²) in [5.41, 5.74) is 0. The Morgan fingerprint density at radius 3 is 2.18 bits per heavy atom. The topological polar surface area (TPSA) is 20.2 Å². The number of rotatable bonds is 1. The van der Waals surface area contributed by atoms with E-state index in [9.17, 15) is 9.19 Å². The van der Waals surface area contributed by atoms with Gasteiger partial charge in [-0.2, -0.15) is 0 Å². The van der Waals surface area contributed by atoms with E-state index in [1.165, 1.54) is 6.07 Å². The number of halogens is 1. The number of benzene rings is 1. The van der Waals surface area contributed by atoms with Gasteiger partial charge in [0.2, 0.25) is 8.32 Å². The molecule has 60 valence electrons.